The van der Waals surface area contributed by atoms with Gasteiger partial charge in [-0.15, -0.1) is 0 Å². The maximum atomic E-state index is 9.02. The van der Waals surface area contributed by atoms with E-state index in [1.807, 2.05) is 30.3 Å². The summed E-state index contributed by atoms with van der Waals surface area (Å²) >= 11 is 2.17. The summed E-state index contributed by atoms with van der Waals surface area (Å²) in [5.41, 5.74) is 9.36. The highest BCUT2D eigenvalue weighted by Crippen LogP contribution is 2.28. The van der Waals surface area contributed by atoms with E-state index < -0.39 is 6.04 Å². The van der Waals surface area contributed by atoms with Crippen LogP contribution >= 0.6 is 22.6 Å². The molecule has 0 radical (unpaired) electrons. The van der Waals surface area contributed by atoms with E-state index in [-0.39, 0.29) is 10.5 Å². The molecule has 0 bridgehead atoms. The standard InChI is InChI=1S/C9H10IN3O/c10-9(8(6-14)12-13-11)7-4-2-1-3-5-7/h1-5,8-9,14H,6H2. The number of alkyl halides is 1. The van der Waals surface area contributed by atoms with Crippen LogP contribution in [0.5, 0.6) is 0 Å². The number of hydrogen-bond acceptors (Lipinski definition) is 2. The van der Waals surface area contributed by atoms with Gasteiger partial charge in [-0.25, -0.2) is 0 Å². The molecule has 0 saturated carbocycles. The van der Waals surface area contributed by atoms with Crippen molar-refractivity contribution in [3.8, 4) is 0 Å². The van der Waals surface area contributed by atoms with E-state index in [4.69, 9.17) is 10.6 Å². The minimum absolute atomic E-state index is 0.00898. The van der Waals surface area contributed by atoms with Gasteiger partial charge in [0.15, 0.2) is 0 Å². The predicted molar refractivity (Wildman–Crippen MR) is 63.2 cm³/mol. The second-order valence-corrected chi connectivity index (χ2v) is 4.11. The van der Waals surface area contributed by atoms with E-state index in [0.29, 0.717) is 0 Å². The molecule has 1 aromatic carbocycles. The number of halogens is 1. The quantitative estimate of drug-likeness (QED) is 0.300. The van der Waals surface area contributed by atoms with Crippen molar-refractivity contribution < 1.29 is 5.11 Å². The molecule has 2 atom stereocenters. The molecule has 1 aromatic rings. The number of hydrogen-bond donors (Lipinski definition) is 1. The molecule has 0 heterocycles. The summed E-state index contributed by atoms with van der Waals surface area (Å²) in [5.74, 6) is 0. The molecule has 74 valence electrons. The second kappa shape index (κ2) is 5.85. The van der Waals surface area contributed by atoms with E-state index in [1.54, 1.807) is 0 Å². The Kier molecular flexibility index (Phi) is 4.72. The van der Waals surface area contributed by atoms with Gasteiger partial charge in [0.05, 0.1) is 12.6 Å². The summed E-state index contributed by atoms with van der Waals surface area (Å²) in [7, 11) is 0. The van der Waals surface area contributed by atoms with Crippen molar-refractivity contribution in [2.75, 3.05) is 6.61 Å². The Morgan fingerprint density at radius 2 is 2.07 bits per heavy atom. The van der Waals surface area contributed by atoms with E-state index in [1.165, 1.54) is 0 Å². The van der Waals surface area contributed by atoms with Gasteiger partial charge in [-0.2, -0.15) is 0 Å². The molecule has 2 unspecified atom stereocenters. The van der Waals surface area contributed by atoms with Gasteiger partial charge in [0, 0.05) is 8.84 Å². The van der Waals surface area contributed by atoms with E-state index in [0.717, 1.165) is 5.56 Å². The highest BCUT2D eigenvalue weighted by molar-refractivity contribution is 14.1. The van der Waals surface area contributed by atoms with Crippen molar-refractivity contribution in [2.45, 2.75) is 9.97 Å². The van der Waals surface area contributed by atoms with Crippen LogP contribution in [0.3, 0.4) is 0 Å². The van der Waals surface area contributed by atoms with Gasteiger partial charge < -0.3 is 5.11 Å². The first-order valence-corrected chi connectivity index (χ1v) is 5.38. The Labute approximate surface area is 95.7 Å². The summed E-state index contributed by atoms with van der Waals surface area (Å²) in [6.07, 6.45) is 0. The smallest absolute Gasteiger partial charge is 0.0763 e. The lowest BCUT2D eigenvalue weighted by Crippen LogP contribution is -2.15. The molecule has 14 heavy (non-hydrogen) atoms. The number of azide groups is 1. The van der Waals surface area contributed by atoms with Crippen LogP contribution in [-0.2, 0) is 0 Å². The third-order valence-electron chi connectivity index (χ3n) is 1.84. The van der Waals surface area contributed by atoms with Gasteiger partial charge in [-0.1, -0.05) is 58.0 Å². The SMILES string of the molecule is [N-]=[N+]=NC(CO)C(I)c1ccccc1. The Morgan fingerprint density at radius 3 is 2.57 bits per heavy atom. The van der Waals surface area contributed by atoms with Crippen molar-refractivity contribution in [1.29, 1.82) is 0 Å². The molecule has 0 aromatic heterocycles. The van der Waals surface area contributed by atoms with E-state index >= 15 is 0 Å². The molecular formula is C9H10IN3O. The summed E-state index contributed by atoms with van der Waals surface area (Å²) in [5, 5.41) is 12.6. The zero-order valence-electron chi connectivity index (χ0n) is 7.42. The summed E-state index contributed by atoms with van der Waals surface area (Å²) < 4.78 is 0.00898. The van der Waals surface area contributed by atoms with Crippen molar-refractivity contribution in [3.63, 3.8) is 0 Å². The third-order valence-corrected chi connectivity index (χ3v) is 3.39. The lowest BCUT2D eigenvalue weighted by Gasteiger charge is -2.15. The van der Waals surface area contributed by atoms with E-state index in [2.05, 4.69) is 32.6 Å². The van der Waals surface area contributed by atoms with Crippen molar-refractivity contribution in [2.24, 2.45) is 5.11 Å². The fourth-order valence-electron chi connectivity index (χ4n) is 1.11. The number of rotatable bonds is 4. The van der Waals surface area contributed by atoms with Crippen LogP contribution < -0.4 is 0 Å². The molecule has 0 fully saturated rings. The lowest BCUT2D eigenvalue weighted by molar-refractivity contribution is 0.266. The normalized spacial score (nSPS) is 14.1. The zero-order valence-corrected chi connectivity index (χ0v) is 9.57. The van der Waals surface area contributed by atoms with E-state index in [9.17, 15) is 0 Å². The lowest BCUT2D eigenvalue weighted by atomic mass is 10.1. The Bertz CT molecular complexity index is 324. The molecular weight excluding hydrogens is 293 g/mol. The first-order valence-electron chi connectivity index (χ1n) is 4.13. The Balaban J connectivity index is 2.82. The molecule has 0 aliphatic rings. The van der Waals surface area contributed by atoms with Gasteiger partial charge in [-0.05, 0) is 11.1 Å². The second-order valence-electron chi connectivity index (χ2n) is 2.77. The molecule has 0 saturated heterocycles. The molecule has 0 amide bonds. The fourth-order valence-corrected chi connectivity index (χ4v) is 1.90. The van der Waals surface area contributed by atoms with Crippen molar-refractivity contribution in [1.82, 2.24) is 0 Å². The van der Waals surface area contributed by atoms with Crippen LogP contribution in [0, 0.1) is 0 Å². The first kappa shape index (κ1) is 11.3. The zero-order chi connectivity index (χ0) is 10.4. The molecule has 4 nitrogen and oxygen atoms in total. The minimum Gasteiger partial charge on any atom is -0.396 e. The van der Waals surface area contributed by atoms with Gasteiger partial charge in [0.2, 0.25) is 0 Å². The summed E-state index contributed by atoms with van der Waals surface area (Å²) in [6.45, 7) is -0.132. The number of aliphatic hydroxyl groups is 1. The summed E-state index contributed by atoms with van der Waals surface area (Å²) in [4.78, 5) is 2.71. The van der Waals surface area contributed by atoms with Crippen LogP contribution in [0.2, 0.25) is 0 Å². The summed E-state index contributed by atoms with van der Waals surface area (Å²) in [6, 6.07) is 9.27. The third kappa shape index (κ3) is 2.87. The Morgan fingerprint density at radius 1 is 1.43 bits per heavy atom. The molecule has 5 heteroatoms. The largest absolute Gasteiger partial charge is 0.396 e. The topological polar surface area (TPSA) is 69.0 Å². The van der Waals surface area contributed by atoms with Gasteiger partial charge >= 0.3 is 0 Å². The highest BCUT2D eigenvalue weighted by atomic mass is 127. The van der Waals surface area contributed by atoms with Crippen molar-refractivity contribution in [3.05, 3.63) is 46.3 Å². The van der Waals surface area contributed by atoms with Crippen LogP contribution in [0.15, 0.2) is 35.4 Å². The van der Waals surface area contributed by atoms with Gasteiger partial charge in [0.25, 0.3) is 0 Å². The molecule has 0 aliphatic carbocycles. The average Bonchev–Trinajstić information content (AvgIpc) is 2.26. The number of aliphatic hydroxyl groups excluding tert-OH is 1. The fraction of sp³-hybridized carbons (Fsp3) is 0.333. The predicted octanol–water partition coefficient (Wildman–Crippen LogP) is 2.83. The average molecular weight is 303 g/mol. The van der Waals surface area contributed by atoms with Gasteiger partial charge in [0.1, 0.15) is 0 Å². The van der Waals surface area contributed by atoms with Crippen molar-refractivity contribution >= 4 is 22.6 Å². The monoisotopic (exact) mass is 303 g/mol. The van der Waals surface area contributed by atoms with Crippen LogP contribution in [0.4, 0.5) is 0 Å². The highest BCUT2D eigenvalue weighted by Gasteiger charge is 2.17. The maximum absolute atomic E-state index is 9.02. The van der Waals surface area contributed by atoms with Crippen LogP contribution in [0.1, 0.15) is 9.49 Å². The Hall–Kier alpha value is -0.780. The first-order chi connectivity index (χ1) is 6.79. The maximum Gasteiger partial charge on any atom is 0.0763 e. The van der Waals surface area contributed by atoms with Gasteiger partial charge in [-0.3, -0.25) is 0 Å². The van der Waals surface area contributed by atoms with Crippen LogP contribution in [0.25, 0.3) is 10.4 Å². The number of benzene rings is 1. The minimum atomic E-state index is -0.400. The molecule has 1 rings (SSSR count). The molecule has 0 aliphatic heterocycles. The number of nitrogens with zero attached hydrogens (tertiary/aromatic N) is 3. The van der Waals surface area contributed by atoms with Crippen LogP contribution in [-0.4, -0.2) is 17.8 Å². The molecule has 1 N–H and O–H groups in total. The molecule has 0 spiro atoms.